The van der Waals surface area contributed by atoms with Crippen molar-refractivity contribution >= 4 is 28.9 Å². The van der Waals surface area contributed by atoms with Crippen molar-refractivity contribution < 1.29 is 9.90 Å². The van der Waals surface area contributed by atoms with Crippen molar-refractivity contribution in [3.05, 3.63) is 58.7 Å². The lowest BCUT2D eigenvalue weighted by atomic mass is 10.1. The van der Waals surface area contributed by atoms with Crippen LogP contribution in [0.4, 0.5) is 5.69 Å². The van der Waals surface area contributed by atoms with Gasteiger partial charge in [0.1, 0.15) is 5.75 Å². The molecule has 114 valence electrons. The maximum absolute atomic E-state index is 12.1. The molecule has 0 aliphatic carbocycles. The van der Waals surface area contributed by atoms with Crippen LogP contribution in [0, 0.1) is 20.8 Å². The van der Waals surface area contributed by atoms with Crippen molar-refractivity contribution in [2.24, 2.45) is 0 Å². The smallest absolute Gasteiger partial charge is 0.257 e. The number of carbonyl (C=O) groups excluding carboxylic acids is 1. The molecule has 4 nitrogen and oxygen atoms in total. The topological polar surface area (TPSA) is 61.4 Å². The van der Waals surface area contributed by atoms with Crippen LogP contribution < -0.4 is 10.6 Å². The number of anilines is 1. The Bertz CT molecular complexity index is 724. The summed E-state index contributed by atoms with van der Waals surface area (Å²) in [6.45, 7) is 5.81. The largest absolute Gasteiger partial charge is 0.506 e. The molecule has 0 spiro atoms. The molecule has 0 atom stereocenters. The molecule has 0 aromatic heterocycles. The van der Waals surface area contributed by atoms with E-state index in [0.717, 1.165) is 16.7 Å². The predicted octanol–water partition coefficient (Wildman–Crippen LogP) is 3.44. The van der Waals surface area contributed by atoms with Crippen LogP contribution in [0.2, 0.25) is 0 Å². The van der Waals surface area contributed by atoms with E-state index in [2.05, 4.69) is 10.6 Å². The number of amides is 1. The van der Waals surface area contributed by atoms with E-state index in [1.807, 2.05) is 32.9 Å². The van der Waals surface area contributed by atoms with Crippen LogP contribution in [0.5, 0.6) is 5.75 Å². The lowest BCUT2D eigenvalue weighted by Gasteiger charge is -2.13. The molecule has 0 saturated carbocycles. The minimum absolute atomic E-state index is 0.0926. The Labute approximate surface area is 135 Å². The van der Waals surface area contributed by atoms with Crippen LogP contribution in [0.25, 0.3) is 0 Å². The molecular weight excluding hydrogens is 296 g/mol. The van der Waals surface area contributed by atoms with Crippen LogP contribution >= 0.6 is 12.2 Å². The molecule has 0 aliphatic rings. The van der Waals surface area contributed by atoms with Gasteiger partial charge in [-0.05, 0) is 68.4 Å². The van der Waals surface area contributed by atoms with Gasteiger partial charge >= 0.3 is 0 Å². The molecule has 1 amide bonds. The summed E-state index contributed by atoms with van der Waals surface area (Å²) < 4.78 is 0. The van der Waals surface area contributed by atoms with E-state index in [0.29, 0.717) is 11.3 Å². The van der Waals surface area contributed by atoms with Gasteiger partial charge in [-0.3, -0.25) is 10.1 Å². The first-order chi connectivity index (χ1) is 10.4. The summed E-state index contributed by atoms with van der Waals surface area (Å²) in [4.78, 5) is 12.1. The van der Waals surface area contributed by atoms with Gasteiger partial charge in [-0.15, -0.1) is 0 Å². The lowest BCUT2D eigenvalue weighted by Crippen LogP contribution is -2.34. The minimum atomic E-state index is -0.291. The maximum Gasteiger partial charge on any atom is 0.257 e. The van der Waals surface area contributed by atoms with Crippen LogP contribution in [0.3, 0.4) is 0 Å². The highest BCUT2D eigenvalue weighted by molar-refractivity contribution is 7.80. The van der Waals surface area contributed by atoms with Gasteiger partial charge in [0.15, 0.2) is 5.11 Å². The normalized spacial score (nSPS) is 10.1. The average molecular weight is 314 g/mol. The summed E-state index contributed by atoms with van der Waals surface area (Å²) in [5, 5.41) is 15.5. The number of carbonyl (C=O) groups is 1. The number of hydrogen-bond acceptors (Lipinski definition) is 3. The Kier molecular flexibility index (Phi) is 4.78. The van der Waals surface area contributed by atoms with Crippen molar-refractivity contribution in [3.8, 4) is 5.75 Å². The van der Waals surface area contributed by atoms with Gasteiger partial charge in [-0.2, -0.15) is 0 Å². The third kappa shape index (κ3) is 3.83. The van der Waals surface area contributed by atoms with Gasteiger partial charge in [0, 0.05) is 5.56 Å². The quantitative estimate of drug-likeness (QED) is 0.587. The number of rotatable bonds is 2. The Morgan fingerprint density at radius 1 is 1.05 bits per heavy atom. The van der Waals surface area contributed by atoms with Gasteiger partial charge in [0.2, 0.25) is 0 Å². The molecule has 0 heterocycles. The minimum Gasteiger partial charge on any atom is -0.506 e. The van der Waals surface area contributed by atoms with Crippen molar-refractivity contribution in [2.45, 2.75) is 20.8 Å². The Balaban J connectivity index is 2.05. The maximum atomic E-state index is 12.1. The fourth-order valence-corrected chi connectivity index (χ4v) is 2.14. The highest BCUT2D eigenvalue weighted by atomic mass is 32.1. The Morgan fingerprint density at radius 2 is 1.64 bits per heavy atom. The highest BCUT2D eigenvalue weighted by Crippen LogP contribution is 2.26. The number of benzene rings is 2. The average Bonchev–Trinajstić information content (AvgIpc) is 2.45. The van der Waals surface area contributed by atoms with E-state index in [9.17, 15) is 9.90 Å². The number of nitrogens with one attached hydrogen (secondary N) is 2. The Morgan fingerprint density at radius 3 is 2.27 bits per heavy atom. The molecule has 0 aliphatic heterocycles. The van der Waals surface area contributed by atoms with Crippen molar-refractivity contribution in [1.82, 2.24) is 5.32 Å². The zero-order chi connectivity index (χ0) is 16.3. The van der Waals surface area contributed by atoms with Crippen molar-refractivity contribution in [3.63, 3.8) is 0 Å². The molecule has 3 N–H and O–H groups in total. The first-order valence-corrected chi connectivity index (χ1v) is 7.27. The molecule has 0 unspecified atom stereocenters. The van der Waals surface area contributed by atoms with Crippen molar-refractivity contribution in [2.75, 3.05) is 5.32 Å². The predicted molar refractivity (Wildman–Crippen MR) is 92.4 cm³/mol. The number of aromatic hydroxyl groups is 1. The zero-order valence-corrected chi connectivity index (χ0v) is 13.5. The fraction of sp³-hybridized carbons (Fsp3) is 0.176. The summed E-state index contributed by atoms with van der Waals surface area (Å²) in [6, 6.07) is 10.6. The second kappa shape index (κ2) is 6.58. The SMILES string of the molecule is Cc1ccc(C(=O)NC(=S)Nc2cc(C)c(C)cc2O)cc1. The fourth-order valence-electron chi connectivity index (χ4n) is 1.93. The number of thiocarbonyl (C=S) groups is 1. The lowest BCUT2D eigenvalue weighted by molar-refractivity contribution is 0.0977. The zero-order valence-electron chi connectivity index (χ0n) is 12.7. The van der Waals surface area contributed by atoms with E-state index < -0.39 is 0 Å². The van der Waals surface area contributed by atoms with Gasteiger partial charge < -0.3 is 10.4 Å². The van der Waals surface area contributed by atoms with Gasteiger partial charge in [-0.25, -0.2) is 0 Å². The number of phenolic OH excluding ortho intramolecular Hbond substituents is 1. The molecular formula is C17H18N2O2S. The molecule has 2 aromatic rings. The highest BCUT2D eigenvalue weighted by Gasteiger charge is 2.10. The van der Waals surface area contributed by atoms with Crippen LogP contribution in [0.1, 0.15) is 27.0 Å². The summed E-state index contributed by atoms with van der Waals surface area (Å²) in [6.07, 6.45) is 0. The van der Waals surface area contributed by atoms with Gasteiger partial charge in [-0.1, -0.05) is 17.7 Å². The molecule has 5 heteroatoms. The summed E-state index contributed by atoms with van der Waals surface area (Å²) in [7, 11) is 0. The molecule has 2 rings (SSSR count). The number of aryl methyl sites for hydroxylation is 3. The standard InChI is InChI=1S/C17H18N2O2S/c1-10-4-6-13(7-5-10)16(21)19-17(22)18-14-8-11(2)12(3)9-15(14)20/h4-9,20H,1-3H3,(H2,18,19,21,22). The van der Waals surface area contributed by atoms with E-state index in [1.165, 1.54) is 0 Å². The summed E-state index contributed by atoms with van der Waals surface area (Å²) in [5.41, 5.74) is 4.08. The second-order valence-corrected chi connectivity index (χ2v) is 5.64. The molecule has 22 heavy (non-hydrogen) atoms. The summed E-state index contributed by atoms with van der Waals surface area (Å²) >= 11 is 5.12. The third-order valence-electron chi connectivity index (χ3n) is 3.40. The van der Waals surface area contributed by atoms with Crippen LogP contribution in [0.15, 0.2) is 36.4 Å². The third-order valence-corrected chi connectivity index (χ3v) is 3.61. The molecule has 0 fully saturated rings. The van der Waals surface area contributed by atoms with Gasteiger partial charge in [0.05, 0.1) is 5.69 Å². The van der Waals surface area contributed by atoms with Crippen LogP contribution in [-0.4, -0.2) is 16.1 Å². The van der Waals surface area contributed by atoms with E-state index >= 15 is 0 Å². The number of hydrogen-bond donors (Lipinski definition) is 3. The molecule has 0 saturated heterocycles. The first-order valence-electron chi connectivity index (χ1n) is 6.86. The summed E-state index contributed by atoms with van der Waals surface area (Å²) in [5.74, 6) is -0.198. The molecule has 0 bridgehead atoms. The van der Waals surface area contributed by atoms with Crippen LogP contribution in [-0.2, 0) is 0 Å². The Hall–Kier alpha value is -2.40. The van der Waals surface area contributed by atoms with E-state index in [1.54, 1.807) is 24.3 Å². The van der Waals surface area contributed by atoms with Gasteiger partial charge in [0.25, 0.3) is 5.91 Å². The van der Waals surface area contributed by atoms with E-state index in [-0.39, 0.29) is 16.8 Å². The molecule has 0 radical (unpaired) electrons. The van der Waals surface area contributed by atoms with E-state index in [4.69, 9.17) is 12.2 Å². The molecule has 2 aromatic carbocycles. The number of phenols is 1. The second-order valence-electron chi connectivity index (χ2n) is 5.23. The van der Waals surface area contributed by atoms with Crippen molar-refractivity contribution in [1.29, 1.82) is 0 Å². The first kappa shape index (κ1) is 16.0. The monoisotopic (exact) mass is 314 g/mol.